The zero-order valence-electron chi connectivity index (χ0n) is 13.6. The molecular formula is C15H26BrN3O2. The Morgan fingerprint density at radius 1 is 1.43 bits per heavy atom. The molecule has 0 saturated heterocycles. The first-order valence-corrected chi connectivity index (χ1v) is 8.25. The molecule has 6 heteroatoms. The molecule has 0 bridgehead atoms. The van der Waals surface area contributed by atoms with Crippen molar-refractivity contribution in [1.82, 2.24) is 14.7 Å². The van der Waals surface area contributed by atoms with E-state index in [1.165, 1.54) is 0 Å². The molecule has 1 unspecified atom stereocenters. The Morgan fingerprint density at radius 2 is 2.05 bits per heavy atom. The summed E-state index contributed by atoms with van der Waals surface area (Å²) in [4.78, 5) is 15.4. The van der Waals surface area contributed by atoms with Crippen LogP contribution >= 0.6 is 15.9 Å². The van der Waals surface area contributed by atoms with Crippen LogP contribution in [0, 0.1) is 0 Å². The molecule has 0 aromatic carbocycles. The quantitative estimate of drug-likeness (QED) is 0.636. The minimum Gasteiger partial charge on any atom is -0.383 e. The van der Waals surface area contributed by atoms with Crippen LogP contribution in [0.2, 0.25) is 0 Å². The van der Waals surface area contributed by atoms with Crippen molar-refractivity contribution in [2.75, 3.05) is 26.8 Å². The van der Waals surface area contributed by atoms with Crippen LogP contribution in [-0.4, -0.2) is 52.8 Å². The first-order chi connectivity index (χ1) is 9.96. The van der Waals surface area contributed by atoms with Gasteiger partial charge in [-0.15, -0.1) is 0 Å². The van der Waals surface area contributed by atoms with Crippen LogP contribution in [0.25, 0.3) is 0 Å². The lowest BCUT2D eigenvalue weighted by Crippen LogP contribution is -2.52. The Morgan fingerprint density at radius 3 is 2.52 bits per heavy atom. The minimum atomic E-state index is -0.517. The van der Waals surface area contributed by atoms with E-state index in [1.807, 2.05) is 6.92 Å². The molecule has 0 aliphatic rings. The van der Waals surface area contributed by atoms with E-state index in [9.17, 15) is 4.79 Å². The maximum atomic E-state index is 13.1. The van der Waals surface area contributed by atoms with Gasteiger partial charge in [-0.05, 0) is 42.4 Å². The molecular weight excluding hydrogens is 334 g/mol. The lowest BCUT2D eigenvalue weighted by molar-refractivity contribution is 0.0592. The molecule has 0 radical (unpaired) electrons. The van der Waals surface area contributed by atoms with Gasteiger partial charge in [-0.2, -0.15) is 5.10 Å². The first kappa shape index (κ1) is 18.3. The fourth-order valence-electron chi connectivity index (χ4n) is 2.64. The summed E-state index contributed by atoms with van der Waals surface area (Å²) in [5.41, 5.74) is 0.111. The Balaban J connectivity index is 3.19. The number of rotatable bonds is 9. The van der Waals surface area contributed by atoms with Crippen LogP contribution in [-0.2, 0) is 11.3 Å². The molecule has 5 nitrogen and oxygen atoms in total. The van der Waals surface area contributed by atoms with Crippen molar-refractivity contribution >= 4 is 21.7 Å². The van der Waals surface area contributed by atoms with E-state index in [0.29, 0.717) is 18.8 Å². The number of carbonyl (C=O) groups excluding carboxylic acids is 1. The third-order valence-corrected chi connectivity index (χ3v) is 4.74. The lowest BCUT2D eigenvalue weighted by Gasteiger charge is -2.38. The second-order valence-corrected chi connectivity index (χ2v) is 6.04. The molecule has 1 aromatic heterocycles. The molecule has 1 heterocycles. The number of Topliss-reactive ketones (excluding diaryl/α,β-unsaturated/α-hetero) is 1. The van der Waals surface area contributed by atoms with Gasteiger partial charge in [0.25, 0.3) is 0 Å². The van der Waals surface area contributed by atoms with Gasteiger partial charge in [0.1, 0.15) is 5.69 Å². The topological polar surface area (TPSA) is 47.4 Å². The van der Waals surface area contributed by atoms with Crippen molar-refractivity contribution in [3.05, 3.63) is 16.4 Å². The monoisotopic (exact) mass is 359 g/mol. The molecule has 0 saturated carbocycles. The third-order valence-electron chi connectivity index (χ3n) is 4.16. The Hall–Kier alpha value is -0.720. The summed E-state index contributed by atoms with van der Waals surface area (Å²) in [7, 11) is 1.64. The number of halogens is 1. The van der Waals surface area contributed by atoms with Crippen molar-refractivity contribution in [2.45, 2.75) is 46.2 Å². The van der Waals surface area contributed by atoms with Crippen LogP contribution in [0.5, 0.6) is 0 Å². The molecule has 0 fully saturated rings. The summed E-state index contributed by atoms with van der Waals surface area (Å²) in [6.07, 6.45) is 2.44. The van der Waals surface area contributed by atoms with E-state index in [0.717, 1.165) is 24.0 Å². The van der Waals surface area contributed by atoms with Crippen LogP contribution in [0.3, 0.4) is 0 Å². The number of carbonyl (C=O) groups is 1. The Bertz CT molecular complexity index is 471. The zero-order valence-corrected chi connectivity index (χ0v) is 15.2. The van der Waals surface area contributed by atoms with E-state index in [-0.39, 0.29) is 5.78 Å². The molecule has 0 N–H and O–H groups in total. The maximum absolute atomic E-state index is 13.1. The smallest absolute Gasteiger partial charge is 0.201 e. The number of hydrogen-bond donors (Lipinski definition) is 0. The van der Waals surface area contributed by atoms with Crippen LogP contribution in [0.1, 0.15) is 44.6 Å². The Labute approximate surface area is 135 Å². The lowest BCUT2D eigenvalue weighted by atomic mass is 9.89. The van der Waals surface area contributed by atoms with Gasteiger partial charge in [-0.1, -0.05) is 20.8 Å². The summed E-state index contributed by atoms with van der Waals surface area (Å²) in [6, 6.07) is 0. The maximum Gasteiger partial charge on any atom is 0.201 e. The number of ether oxygens (including phenoxy) is 1. The average Bonchev–Trinajstić information content (AvgIpc) is 2.85. The molecule has 0 aliphatic heterocycles. The van der Waals surface area contributed by atoms with Gasteiger partial charge in [-0.3, -0.25) is 14.4 Å². The molecule has 21 heavy (non-hydrogen) atoms. The SMILES string of the molecule is CCN(CC)C(C)(CC)C(=O)c1c(Br)cnn1CCOC. The van der Waals surface area contributed by atoms with E-state index >= 15 is 0 Å². The average molecular weight is 360 g/mol. The van der Waals surface area contributed by atoms with Crippen LogP contribution in [0.15, 0.2) is 10.7 Å². The number of hydrogen-bond acceptors (Lipinski definition) is 4. The van der Waals surface area contributed by atoms with E-state index < -0.39 is 5.54 Å². The molecule has 1 atom stereocenters. The fraction of sp³-hybridized carbons (Fsp3) is 0.733. The normalized spacial score (nSPS) is 14.4. The van der Waals surface area contributed by atoms with Crippen molar-refractivity contribution in [2.24, 2.45) is 0 Å². The van der Waals surface area contributed by atoms with Crippen molar-refractivity contribution < 1.29 is 9.53 Å². The van der Waals surface area contributed by atoms with Gasteiger partial charge in [0, 0.05) is 7.11 Å². The largest absolute Gasteiger partial charge is 0.383 e. The summed E-state index contributed by atoms with van der Waals surface area (Å²) < 4.78 is 7.57. The number of ketones is 1. The molecule has 0 aliphatic carbocycles. The van der Waals surface area contributed by atoms with E-state index in [1.54, 1.807) is 18.0 Å². The second kappa shape index (κ2) is 8.06. The van der Waals surface area contributed by atoms with E-state index in [2.05, 4.69) is 46.7 Å². The van der Waals surface area contributed by atoms with Crippen molar-refractivity contribution in [3.63, 3.8) is 0 Å². The highest BCUT2D eigenvalue weighted by Crippen LogP contribution is 2.28. The highest BCUT2D eigenvalue weighted by atomic mass is 79.9. The summed E-state index contributed by atoms with van der Waals surface area (Å²) in [6.45, 7) is 11.0. The summed E-state index contributed by atoms with van der Waals surface area (Å²) >= 11 is 3.46. The zero-order chi connectivity index (χ0) is 16.0. The van der Waals surface area contributed by atoms with E-state index in [4.69, 9.17) is 4.74 Å². The van der Waals surface area contributed by atoms with Crippen molar-refractivity contribution in [3.8, 4) is 0 Å². The minimum absolute atomic E-state index is 0.106. The van der Waals surface area contributed by atoms with Gasteiger partial charge in [-0.25, -0.2) is 0 Å². The summed E-state index contributed by atoms with van der Waals surface area (Å²) in [5, 5.41) is 4.28. The molecule has 1 rings (SSSR count). The van der Waals surface area contributed by atoms with Crippen LogP contribution in [0.4, 0.5) is 0 Å². The number of likely N-dealkylation sites (N-methyl/N-ethyl adjacent to an activating group) is 1. The van der Waals surface area contributed by atoms with Gasteiger partial charge < -0.3 is 4.74 Å². The molecule has 0 amide bonds. The molecule has 120 valence electrons. The number of nitrogens with zero attached hydrogens (tertiary/aromatic N) is 3. The third kappa shape index (κ3) is 3.73. The van der Waals surface area contributed by atoms with Gasteiger partial charge in [0.2, 0.25) is 5.78 Å². The van der Waals surface area contributed by atoms with Gasteiger partial charge >= 0.3 is 0 Å². The highest BCUT2D eigenvalue weighted by Gasteiger charge is 2.39. The second-order valence-electron chi connectivity index (χ2n) is 5.19. The predicted molar refractivity (Wildman–Crippen MR) is 87.8 cm³/mol. The predicted octanol–water partition coefficient (Wildman–Crippen LogP) is 2.99. The standard InChI is InChI=1S/C15H26BrN3O2/c1-6-15(4,18(7-2)8-3)14(20)13-12(16)11-17-19(13)9-10-21-5/h11H,6-10H2,1-5H3. The number of aromatic nitrogens is 2. The van der Waals surface area contributed by atoms with Crippen molar-refractivity contribution in [1.29, 1.82) is 0 Å². The molecule has 0 spiro atoms. The van der Waals surface area contributed by atoms with Crippen LogP contribution < -0.4 is 0 Å². The van der Waals surface area contributed by atoms with Gasteiger partial charge in [0.15, 0.2) is 0 Å². The Kier molecular flexibility index (Phi) is 7.03. The fourth-order valence-corrected chi connectivity index (χ4v) is 3.12. The summed E-state index contributed by atoms with van der Waals surface area (Å²) in [5.74, 6) is 0.106. The first-order valence-electron chi connectivity index (χ1n) is 7.46. The molecule has 1 aromatic rings. The highest BCUT2D eigenvalue weighted by molar-refractivity contribution is 9.10. The number of methoxy groups -OCH3 is 1. The van der Waals surface area contributed by atoms with Gasteiger partial charge in [0.05, 0.1) is 29.4 Å².